The van der Waals surface area contributed by atoms with Crippen molar-refractivity contribution in [3.05, 3.63) is 23.8 Å². The highest BCUT2D eigenvalue weighted by molar-refractivity contribution is 5.92. The molecule has 0 spiro atoms. The summed E-state index contributed by atoms with van der Waals surface area (Å²) in [5.74, 6) is 0.339. The molecule has 0 saturated carbocycles. The van der Waals surface area contributed by atoms with E-state index >= 15 is 0 Å². The van der Waals surface area contributed by atoms with E-state index in [1.54, 1.807) is 20.2 Å². The fraction of sp³-hybridized carbons (Fsp3) is 0.556. The Morgan fingerprint density at radius 1 is 1.17 bits per heavy atom. The Kier molecular flexibility index (Phi) is 8.86. The van der Waals surface area contributed by atoms with Gasteiger partial charge in [-0.3, -0.25) is 9.59 Å². The molecule has 0 atom stereocenters. The molecule has 1 aromatic rings. The molecule has 0 aromatic heterocycles. The average Bonchev–Trinajstić information content (AvgIpc) is 2.54. The second kappa shape index (κ2) is 10.6. The van der Waals surface area contributed by atoms with Gasteiger partial charge in [-0.1, -0.05) is 18.9 Å². The van der Waals surface area contributed by atoms with Crippen molar-refractivity contribution in [1.29, 1.82) is 0 Å². The van der Waals surface area contributed by atoms with Crippen LogP contribution in [0.25, 0.3) is 0 Å². The van der Waals surface area contributed by atoms with Crippen LogP contribution in [-0.2, 0) is 9.59 Å². The van der Waals surface area contributed by atoms with Gasteiger partial charge >= 0.3 is 0 Å². The Balaban J connectivity index is 2.57. The second-order valence-electron chi connectivity index (χ2n) is 6.08. The van der Waals surface area contributed by atoms with E-state index in [1.165, 1.54) is 4.90 Å². The van der Waals surface area contributed by atoms with Crippen molar-refractivity contribution in [1.82, 2.24) is 4.90 Å². The number of unbranched alkanes of at least 4 members (excludes halogenated alkanes) is 3. The number of hydrogen-bond acceptors (Lipinski definition) is 4. The molecule has 0 unspecified atom stereocenters. The highest BCUT2D eigenvalue weighted by atomic mass is 16.5. The van der Waals surface area contributed by atoms with Gasteiger partial charge in [-0.05, 0) is 44.0 Å². The summed E-state index contributed by atoms with van der Waals surface area (Å²) in [6.07, 6.45) is 4.35. The molecule has 0 bridgehead atoms. The number of anilines is 1. The molecule has 0 saturated heterocycles. The van der Waals surface area contributed by atoms with E-state index in [-0.39, 0.29) is 18.4 Å². The number of hydrogen-bond donors (Lipinski definition) is 2. The molecule has 0 aliphatic rings. The number of benzene rings is 1. The average molecular weight is 335 g/mol. The van der Waals surface area contributed by atoms with E-state index in [0.29, 0.717) is 24.4 Å². The third-order valence-corrected chi connectivity index (χ3v) is 3.62. The number of nitrogens with two attached hydrogens (primary N) is 1. The lowest BCUT2D eigenvalue weighted by atomic mass is 10.1. The van der Waals surface area contributed by atoms with E-state index in [0.717, 1.165) is 31.2 Å². The highest BCUT2D eigenvalue weighted by Gasteiger charge is 2.11. The first-order valence-electron chi connectivity index (χ1n) is 8.37. The molecule has 0 radical (unpaired) electrons. The molecule has 0 aliphatic heterocycles. The van der Waals surface area contributed by atoms with Crippen LogP contribution >= 0.6 is 0 Å². The van der Waals surface area contributed by atoms with Crippen LogP contribution in [0.3, 0.4) is 0 Å². The summed E-state index contributed by atoms with van der Waals surface area (Å²) < 4.78 is 5.58. The molecule has 1 aromatic carbocycles. The van der Waals surface area contributed by atoms with E-state index < -0.39 is 0 Å². The summed E-state index contributed by atoms with van der Waals surface area (Å²) in [6, 6.07) is 5.52. The monoisotopic (exact) mass is 335 g/mol. The molecular weight excluding hydrogens is 306 g/mol. The van der Waals surface area contributed by atoms with Crippen LogP contribution < -0.4 is 15.8 Å². The number of aryl methyl sites for hydroxylation is 1. The third kappa shape index (κ3) is 7.46. The van der Waals surface area contributed by atoms with Gasteiger partial charge in [-0.15, -0.1) is 0 Å². The zero-order valence-corrected chi connectivity index (χ0v) is 14.9. The number of ether oxygens (including phenoxy) is 1. The maximum absolute atomic E-state index is 12.1. The van der Waals surface area contributed by atoms with Crippen LogP contribution in [0.15, 0.2) is 18.2 Å². The zero-order chi connectivity index (χ0) is 17.9. The minimum absolute atomic E-state index is 0.0459. The predicted octanol–water partition coefficient (Wildman–Crippen LogP) is 2.31. The van der Waals surface area contributed by atoms with Crippen LogP contribution in [0, 0.1) is 6.92 Å². The lowest BCUT2D eigenvalue weighted by Crippen LogP contribution is -2.27. The van der Waals surface area contributed by atoms with Crippen molar-refractivity contribution in [2.75, 3.05) is 32.6 Å². The summed E-state index contributed by atoms with van der Waals surface area (Å²) >= 11 is 0. The second-order valence-corrected chi connectivity index (χ2v) is 6.08. The lowest BCUT2D eigenvalue weighted by Gasteiger charge is -2.15. The van der Waals surface area contributed by atoms with Crippen molar-refractivity contribution in [3.8, 4) is 5.75 Å². The lowest BCUT2D eigenvalue weighted by molar-refractivity contribution is -0.130. The molecule has 6 nitrogen and oxygen atoms in total. The molecule has 24 heavy (non-hydrogen) atoms. The first kappa shape index (κ1) is 20.0. The zero-order valence-electron chi connectivity index (χ0n) is 14.9. The number of carbonyl (C=O) groups is 2. The molecule has 134 valence electrons. The number of nitrogens with one attached hydrogen (secondary N) is 1. The minimum atomic E-state index is -0.131. The number of nitrogens with zero attached hydrogens (tertiary/aromatic N) is 1. The maximum atomic E-state index is 12.1. The predicted molar refractivity (Wildman–Crippen MR) is 96.1 cm³/mol. The first-order chi connectivity index (χ1) is 11.4. The van der Waals surface area contributed by atoms with Crippen molar-refractivity contribution in [2.45, 2.75) is 39.0 Å². The van der Waals surface area contributed by atoms with Gasteiger partial charge < -0.3 is 20.7 Å². The van der Waals surface area contributed by atoms with Gasteiger partial charge in [0.25, 0.3) is 5.91 Å². The Morgan fingerprint density at radius 3 is 2.54 bits per heavy atom. The Labute approximate surface area is 144 Å². The highest BCUT2D eigenvalue weighted by Crippen LogP contribution is 2.26. The van der Waals surface area contributed by atoms with Crippen LogP contribution in [0.4, 0.5) is 5.69 Å². The fourth-order valence-electron chi connectivity index (χ4n) is 2.12. The van der Waals surface area contributed by atoms with Gasteiger partial charge in [-0.25, -0.2) is 0 Å². The van der Waals surface area contributed by atoms with Crippen molar-refractivity contribution in [2.24, 2.45) is 5.73 Å². The Morgan fingerprint density at radius 2 is 1.88 bits per heavy atom. The number of rotatable bonds is 10. The van der Waals surface area contributed by atoms with E-state index in [4.69, 9.17) is 10.5 Å². The molecule has 0 fully saturated rings. The molecule has 1 rings (SSSR count). The smallest absolute Gasteiger partial charge is 0.259 e. The Bertz CT molecular complexity index is 544. The standard InChI is InChI=1S/C18H29N3O3/c1-14-9-10-15(16(12-14)24-13-18(23)21(2)3)20-17(22)8-6-4-5-7-11-19/h9-10,12H,4-8,11,13,19H2,1-3H3,(H,20,22). The number of amides is 2. The van der Waals surface area contributed by atoms with Crippen LogP contribution in [-0.4, -0.2) is 44.0 Å². The molecule has 6 heteroatoms. The molecule has 2 amide bonds. The summed E-state index contributed by atoms with van der Waals surface area (Å²) in [4.78, 5) is 25.2. The summed E-state index contributed by atoms with van der Waals surface area (Å²) in [7, 11) is 3.35. The fourth-order valence-corrected chi connectivity index (χ4v) is 2.12. The van der Waals surface area contributed by atoms with Gasteiger partial charge in [0, 0.05) is 20.5 Å². The molecule has 3 N–H and O–H groups in total. The van der Waals surface area contributed by atoms with Crippen LogP contribution in [0.2, 0.25) is 0 Å². The first-order valence-corrected chi connectivity index (χ1v) is 8.37. The molecular formula is C18H29N3O3. The van der Waals surface area contributed by atoms with Crippen LogP contribution in [0.5, 0.6) is 5.75 Å². The topological polar surface area (TPSA) is 84.7 Å². The van der Waals surface area contributed by atoms with E-state index in [2.05, 4.69) is 5.32 Å². The number of likely N-dealkylation sites (N-methyl/N-ethyl adjacent to an activating group) is 1. The summed E-state index contributed by atoms with van der Waals surface area (Å²) in [6.45, 7) is 2.57. The normalized spacial score (nSPS) is 10.3. The Hall–Kier alpha value is -2.08. The molecule has 0 heterocycles. The van der Waals surface area contributed by atoms with Crippen molar-refractivity contribution >= 4 is 17.5 Å². The summed E-state index contributed by atoms with van der Waals surface area (Å²) in [5, 5.41) is 2.87. The van der Waals surface area contributed by atoms with Gasteiger partial charge in [0.1, 0.15) is 5.75 Å². The maximum Gasteiger partial charge on any atom is 0.259 e. The third-order valence-electron chi connectivity index (χ3n) is 3.62. The van der Waals surface area contributed by atoms with E-state index in [9.17, 15) is 9.59 Å². The summed E-state index contributed by atoms with van der Waals surface area (Å²) in [5.41, 5.74) is 7.05. The van der Waals surface area contributed by atoms with E-state index in [1.807, 2.05) is 19.1 Å². The van der Waals surface area contributed by atoms with Crippen molar-refractivity contribution < 1.29 is 14.3 Å². The van der Waals surface area contributed by atoms with Gasteiger partial charge in [0.2, 0.25) is 5.91 Å². The number of carbonyl (C=O) groups excluding carboxylic acids is 2. The minimum Gasteiger partial charge on any atom is -0.482 e. The van der Waals surface area contributed by atoms with Crippen LogP contribution in [0.1, 0.15) is 37.7 Å². The largest absolute Gasteiger partial charge is 0.482 e. The quantitative estimate of drug-likeness (QED) is 0.643. The van der Waals surface area contributed by atoms with Gasteiger partial charge in [0.15, 0.2) is 6.61 Å². The van der Waals surface area contributed by atoms with Crippen molar-refractivity contribution in [3.63, 3.8) is 0 Å². The van der Waals surface area contributed by atoms with Gasteiger partial charge in [0.05, 0.1) is 5.69 Å². The SMILES string of the molecule is Cc1ccc(NC(=O)CCCCCCN)c(OCC(=O)N(C)C)c1. The molecule has 0 aliphatic carbocycles. The van der Waals surface area contributed by atoms with Gasteiger partial charge in [-0.2, -0.15) is 0 Å².